The number of esters is 1. The maximum Gasteiger partial charge on any atom is 0.340 e. The molecule has 1 atom stereocenters. The van der Waals surface area contributed by atoms with E-state index in [-0.39, 0.29) is 12.3 Å². The lowest BCUT2D eigenvalue weighted by atomic mass is 10.1. The average molecular weight is 192 g/mol. The van der Waals surface area contributed by atoms with E-state index in [9.17, 15) is 4.79 Å². The second-order valence-corrected chi connectivity index (χ2v) is 3.36. The molecule has 74 valence electrons. The van der Waals surface area contributed by atoms with E-state index in [1.54, 1.807) is 12.1 Å². The first-order valence-electron chi connectivity index (χ1n) is 4.65. The molecular weight excluding hydrogens is 180 g/mol. The number of carbonyl (C=O) groups is 1. The van der Waals surface area contributed by atoms with Gasteiger partial charge in [0.1, 0.15) is 0 Å². The van der Waals surface area contributed by atoms with E-state index in [1.165, 1.54) is 0 Å². The lowest BCUT2D eigenvalue weighted by Crippen LogP contribution is -2.31. The molecule has 14 heavy (non-hydrogen) atoms. The molecule has 0 amide bonds. The van der Waals surface area contributed by atoms with Crippen LogP contribution in [0.25, 0.3) is 0 Å². The molecule has 0 N–H and O–H groups in total. The SMILES string of the molecule is Cc1ccc(C(=O)OC2CCO2)cc1. The first-order valence-corrected chi connectivity index (χ1v) is 4.65. The fourth-order valence-electron chi connectivity index (χ4n) is 1.18. The standard InChI is InChI=1S/C11H12O3/c1-8-2-4-9(5-3-8)11(12)14-10-6-7-13-10/h2-5,10H,6-7H2,1H3. The Morgan fingerprint density at radius 2 is 2.07 bits per heavy atom. The fourth-order valence-corrected chi connectivity index (χ4v) is 1.18. The Labute approximate surface area is 82.6 Å². The summed E-state index contributed by atoms with van der Waals surface area (Å²) in [6, 6.07) is 7.29. The first-order chi connectivity index (χ1) is 6.75. The van der Waals surface area contributed by atoms with Crippen molar-refractivity contribution in [1.29, 1.82) is 0 Å². The Morgan fingerprint density at radius 1 is 1.43 bits per heavy atom. The van der Waals surface area contributed by atoms with Gasteiger partial charge in [0.15, 0.2) is 0 Å². The molecule has 0 aromatic heterocycles. The van der Waals surface area contributed by atoms with Gasteiger partial charge in [-0.2, -0.15) is 0 Å². The summed E-state index contributed by atoms with van der Waals surface area (Å²) >= 11 is 0. The molecule has 1 heterocycles. The Kier molecular flexibility index (Phi) is 2.50. The summed E-state index contributed by atoms with van der Waals surface area (Å²) in [6.45, 7) is 2.66. The molecule has 1 unspecified atom stereocenters. The van der Waals surface area contributed by atoms with Crippen molar-refractivity contribution >= 4 is 5.97 Å². The van der Waals surface area contributed by atoms with E-state index in [1.807, 2.05) is 19.1 Å². The van der Waals surface area contributed by atoms with Gasteiger partial charge in [0, 0.05) is 6.42 Å². The van der Waals surface area contributed by atoms with Crippen molar-refractivity contribution in [3.63, 3.8) is 0 Å². The van der Waals surface area contributed by atoms with Crippen LogP contribution in [0, 0.1) is 6.92 Å². The number of ether oxygens (including phenoxy) is 2. The summed E-state index contributed by atoms with van der Waals surface area (Å²) in [6.07, 6.45) is 0.473. The Balaban J connectivity index is 1.99. The molecule has 1 aromatic carbocycles. The van der Waals surface area contributed by atoms with Crippen LogP contribution in [0.4, 0.5) is 0 Å². The van der Waals surface area contributed by atoms with Gasteiger partial charge >= 0.3 is 5.97 Å². The second-order valence-electron chi connectivity index (χ2n) is 3.36. The Morgan fingerprint density at radius 3 is 2.57 bits per heavy atom. The van der Waals surface area contributed by atoms with Gasteiger partial charge in [0.25, 0.3) is 0 Å². The van der Waals surface area contributed by atoms with Gasteiger partial charge in [-0.1, -0.05) is 17.7 Å². The number of hydrogen-bond acceptors (Lipinski definition) is 3. The van der Waals surface area contributed by atoms with Gasteiger partial charge in [-0.3, -0.25) is 0 Å². The third kappa shape index (κ3) is 1.93. The normalized spacial score (nSPS) is 19.9. The summed E-state index contributed by atoms with van der Waals surface area (Å²) in [4.78, 5) is 11.5. The minimum Gasteiger partial charge on any atom is -0.432 e. The number of hydrogen-bond donors (Lipinski definition) is 0. The highest BCUT2D eigenvalue weighted by Gasteiger charge is 2.22. The van der Waals surface area contributed by atoms with Crippen LogP contribution in [-0.4, -0.2) is 18.9 Å². The van der Waals surface area contributed by atoms with Crippen LogP contribution in [0.15, 0.2) is 24.3 Å². The van der Waals surface area contributed by atoms with Crippen LogP contribution in [0.5, 0.6) is 0 Å². The summed E-state index contributed by atoms with van der Waals surface area (Å²) in [5.41, 5.74) is 1.70. The monoisotopic (exact) mass is 192 g/mol. The topological polar surface area (TPSA) is 35.5 Å². The quantitative estimate of drug-likeness (QED) is 0.671. The van der Waals surface area contributed by atoms with Crippen LogP contribution in [-0.2, 0) is 9.47 Å². The van der Waals surface area contributed by atoms with Gasteiger partial charge in [0.05, 0.1) is 12.2 Å². The van der Waals surface area contributed by atoms with Crippen molar-refractivity contribution in [3.05, 3.63) is 35.4 Å². The molecule has 1 fully saturated rings. The predicted molar refractivity (Wildman–Crippen MR) is 51.0 cm³/mol. The average Bonchev–Trinajstić information content (AvgIpc) is 2.12. The summed E-state index contributed by atoms with van der Waals surface area (Å²) in [5.74, 6) is -0.310. The molecule has 1 aliphatic rings. The van der Waals surface area contributed by atoms with Crippen molar-refractivity contribution in [2.45, 2.75) is 19.6 Å². The summed E-state index contributed by atoms with van der Waals surface area (Å²) in [7, 11) is 0. The zero-order valence-electron chi connectivity index (χ0n) is 8.03. The number of aryl methyl sites for hydroxylation is 1. The molecule has 1 aromatic rings. The largest absolute Gasteiger partial charge is 0.432 e. The lowest BCUT2D eigenvalue weighted by Gasteiger charge is -2.25. The smallest absolute Gasteiger partial charge is 0.340 e. The van der Waals surface area contributed by atoms with Gasteiger partial charge in [-0.05, 0) is 19.1 Å². The molecule has 0 aliphatic carbocycles. The first kappa shape index (κ1) is 9.21. The third-order valence-corrected chi connectivity index (χ3v) is 2.18. The maximum absolute atomic E-state index is 11.5. The van der Waals surface area contributed by atoms with Crippen molar-refractivity contribution in [2.75, 3.05) is 6.61 Å². The van der Waals surface area contributed by atoms with E-state index < -0.39 is 0 Å². The van der Waals surface area contributed by atoms with E-state index in [2.05, 4.69) is 0 Å². The highest BCUT2D eigenvalue weighted by molar-refractivity contribution is 5.89. The van der Waals surface area contributed by atoms with E-state index >= 15 is 0 Å². The van der Waals surface area contributed by atoms with Crippen molar-refractivity contribution in [2.24, 2.45) is 0 Å². The fraction of sp³-hybridized carbons (Fsp3) is 0.364. The maximum atomic E-state index is 11.5. The number of benzene rings is 1. The molecule has 3 nitrogen and oxygen atoms in total. The van der Waals surface area contributed by atoms with Crippen LogP contribution < -0.4 is 0 Å². The molecular formula is C11H12O3. The van der Waals surface area contributed by atoms with E-state index in [4.69, 9.17) is 9.47 Å². The minimum absolute atomic E-state index is 0.310. The molecule has 1 saturated heterocycles. The van der Waals surface area contributed by atoms with Crippen LogP contribution in [0.2, 0.25) is 0 Å². The number of rotatable bonds is 2. The zero-order chi connectivity index (χ0) is 9.97. The van der Waals surface area contributed by atoms with Gasteiger partial charge < -0.3 is 9.47 Å². The zero-order valence-corrected chi connectivity index (χ0v) is 8.03. The van der Waals surface area contributed by atoms with Crippen molar-refractivity contribution in [1.82, 2.24) is 0 Å². The highest BCUT2D eigenvalue weighted by atomic mass is 16.7. The van der Waals surface area contributed by atoms with Crippen molar-refractivity contribution < 1.29 is 14.3 Å². The molecule has 0 radical (unpaired) electrons. The molecule has 0 saturated carbocycles. The van der Waals surface area contributed by atoms with E-state index in [0.717, 1.165) is 12.0 Å². The Bertz CT molecular complexity index is 325. The van der Waals surface area contributed by atoms with Crippen LogP contribution >= 0.6 is 0 Å². The molecule has 0 bridgehead atoms. The van der Waals surface area contributed by atoms with Crippen molar-refractivity contribution in [3.8, 4) is 0 Å². The third-order valence-electron chi connectivity index (χ3n) is 2.18. The predicted octanol–water partition coefficient (Wildman–Crippen LogP) is 1.90. The van der Waals surface area contributed by atoms with Gasteiger partial charge in [-0.15, -0.1) is 0 Å². The molecule has 0 spiro atoms. The minimum atomic E-state index is -0.330. The molecule has 1 aliphatic heterocycles. The van der Waals surface area contributed by atoms with Crippen LogP contribution in [0.1, 0.15) is 22.3 Å². The van der Waals surface area contributed by atoms with Gasteiger partial charge in [0.2, 0.25) is 6.29 Å². The van der Waals surface area contributed by atoms with E-state index in [0.29, 0.717) is 12.2 Å². The summed E-state index contributed by atoms with van der Waals surface area (Å²) in [5, 5.41) is 0. The van der Waals surface area contributed by atoms with Crippen LogP contribution in [0.3, 0.4) is 0 Å². The number of carbonyl (C=O) groups excluding carboxylic acids is 1. The molecule has 3 heteroatoms. The van der Waals surface area contributed by atoms with Gasteiger partial charge in [-0.25, -0.2) is 4.79 Å². The molecule has 2 rings (SSSR count). The second kappa shape index (κ2) is 3.80. The Hall–Kier alpha value is -1.35. The lowest BCUT2D eigenvalue weighted by molar-refractivity contribution is -0.184. The summed E-state index contributed by atoms with van der Waals surface area (Å²) < 4.78 is 10.1. The highest BCUT2D eigenvalue weighted by Crippen LogP contribution is 2.15.